The topological polar surface area (TPSA) is 212 Å². The first-order valence-electron chi connectivity index (χ1n) is 21.9. The van der Waals surface area contributed by atoms with Crippen LogP contribution in [0.1, 0.15) is 109 Å². The van der Waals surface area contributed by atoms with E-state index >= 15 is 0 Å². The van der Waals surface area contributed by atoms with E-state index in [1.54, 1.807) is 0 Å². The summed E-state index contributed by atoms with van der Waals surface area (Å²) in [5.41, 5.74) is 0.204. The summed E-state index contributed by atoms with van der Waals surface area (Å²) in [6, 6.07) is 7.18. The summed E-state index contributed by atoms with van der Waals surface area (Å²) in [6.45, 7) is 7.92. The summed E-state index contributed by atoms with van der Waals surface area (Å²) in [4.78, 5) is 67.7. The van der Waals surface area contributed by atoms with Crippen molar-refractivity contribution >= 4 is 55.9 Å². The van der Waals surface area contributed by atoms with Crippen molar-refractivity contribution < 1.29 is 45.9 Å². The lowest BCUT2D eigenvalue weighted by atomic mass is 9.93. The van der Waals surface area contributed by atoms with Crippen LogP contribution in [-0.4, -0.2) is 88.7 Å². The third-order valence-corrected chi connectivity index (χ3v) is 14.6. The first kappa shape index (κ1) is 41.9. The molecule has 16 nitrogen and oxygen atoms in total. The van der Waals surface area contributed by atoms with Crippen molar-refractivity contribution in [1.82, 2.24) is 30.2 Å². The highest BCUT2D eigenvalue weighted by Gasteiger charge is 2.62. The van der Waals surface area contributed by atoms with Crippen LogP contribution in [0.25, 0.3) is 33.5 Å². The monoisotopic (exact) mass is 870 g/mol. The molecule has 0 spiro atoms. The Morgan fingerprint density at radius 2 is 1.74 bits per heavy atom. The molecule has 3 aromatic heterocycles. The Labute approximate surface area is 360 Å². The number of nitrogens with zero attached hydrogens (tertiary/aromatic N) is 3. The van der Waals surface area contributed by atoms with Crippen molar-refractivity contribution in [1.29, 1.82) is 0 Å². The molecule has 4 aromatic rings. The van der Waals surface area contributed by atoms with Gasteiger partial charge in [0, 0.05) is 23.1 Å². The first-order valence-corrected chi connectivity index (χ1v) is 23.4. The van der Waals surface area contributed by atoms with Gasteiger partial charge in [-0.3, -0.25) is 19.1 Å². The van der Waals surface area contributed by atoms with Crippen LogP contribution in [0.4, 0.5) is 4.79 Å². The number of rotatable bonds is 8. The number of aromatic nitrogens is 2. The molecule has 9 rings (SSSR count). The summed E-state index contributed by atoms with van der Waals surface area (Å²) >= 11 is 0. The van der Waals surface area contributed by atoms with E-state index in [0.717, 1.165) is 36.8 Å². The molecule has 0 bridgehead atoms. The van der Waals surface area contributed by atoms with Crippen molar-refractivity contribution in [2.45, 2.75) is 145 Å². The minimum Gasteiger partial charge on any atom is -0.470 e. The van der Waals surface area contributed by atoms with Crippen molar-refractivity contribution in [3.8, 4) is 17.3 Å². The Morgan fingerprint density at radius 1 is 0.984 bits per heavy atom. The van der Waals surface area contributed by atoms with Gasteiger partial charge in [-0.05, 0) is 89.3 Å². The largest absolute Gasteiger partial charge is 0.470 e. The van der Waals surface area contributed by atoms with E-state index < -0.39 is 68.7 Å². The average molecular weight is 871 g/mol. The van der Waals surface area contributed by atoms with Crippen molar-refractivity contribution in [3.05, 3.63) is 54.0 Å². The van der Waals surface area contributed by atoms with E-state index in [0.29, 0.717) is 66.8 Å². The first-order chi connectivity index (χ1) is 29.6. The smallest absolute Gasteiger partial charge is 0.408 e. The number of aryl methyl sites for hydroxylation is 1. The maximum Gasteiger partial charge on any atom is 0.408 e. The molecule has 1 saturated heterocycles. The average Bonchev–Trinajstić information content (AvgIpc) is 3.92. The van der Waals surface area contributed by atoms with Gasteiger partial charge in [-0.15, -0.1) is 0 Å². The zero-order chi connectivity index (χ0) is 43.6. The van der Waals surface area contributed by atoms with Crippen LogP contribution >= 0.6 is 0 Å². The van der Waals surface area contributed by atoms with Gasteiger partial charge in [0.2, 0.25) is 27.4 Å². The Bertz CT molecular complexity index is 2570. The number of ether oxygens (including phenoxy) is 2. The summed E-state index contributed by atoms with van der Waals surface area (Å²) in [7, 11) is -3.92. The summed E-state index contributed by atoms with van der Waals surface area (Å²) in [5, 5.41) is 5.81. The lowest BCUT2D eigenvalue weighted by Gasteiger charge is -2.30. The fourth-order valence-corrected chi connectivity index (χ4v) is 10.4. The highest BCUT2D eigenvalue weighted by Crippen LogP contribution is 2.46. The molecule has 62 heavy (non-hydrogen) atoms. The molecule has 4 fully saturated rings. The second-order valence-corrected chi connectivity index (χ2v) is 20.6. The zero-order valence-electron chi connectivity index (χ0n) is 35.5. The van der Waals surface area contributed by atoms with E-state index in [-0.39, 0.29) is 42.4 Å². The maximum absolute atomic E-state index is 14.8. The van der Waals surface area contributed by atoms with Crippen LogP contribution in [0, 0.1) is 12.8 Å². The van der Waals surface area contributed by atoms with Crippen LogP contribution in [0.15, 0.2) is 51.3 Å². The lowest BCUT2D eigenvalue weighted by molar-refractivity contribution is -0.141. The lowest BCUT2D eigenvalue weighted by Crippen LogP contribution is -2.58. The van der Waals surface area contributed by atoms with Gasteiger partial charge in [0.05, 0.1) is 17.4 Å². The molecule has 5 aliphatic rings. The number of carbonyl (C=O) groups is 4. The summed E-state index contributed by atoms with van der Waals surface area (Å²) in [5.74, 6) is -0.593. The Kier molecular flexibility index (Phi) is 10.8. The van der Waals surface area contributed by atoms with E-state index in [1.807, 2.05) is 70.2 Å². The fraction of sp³-hybridized carbons (Fsp3) is 0.556. The van der Waals surface area contributed by atoms with Crippen LogP contribution < -0.4 is 20.1 Å². The highest BCUT2D eigenvalue weighted by molar-refractivity contribution is 7.91. The van der Waals surface area contributed by atoms with Crippen LogP contribution in [-0.2, 0) is 34.6 Å². The van der Waals surface area contributed by atoms with Gasteiger partial charge < -0.3 is 33.8 Å². The molecule has 4 amide bonds. The van der Waals surface area contributed by atoms with Gasteiger partial charge in [-0.2, -0.15) is 4.98 Å². The van der Waals surface area contributed by atoms with Gasteiger partial charge in [0.25, 0.3) is 11.8 Å². The third-order valence-electron chi connectivity index (χ3n) is 12.8. The highest BCUT2D eigenvalue weighted by atomic mass is 32.2. The van der Waals surface area contributed by atoms with Gasteiger partial charge in [0.15, 0.2) is 5.82 Å². The fourth-order valence-electron chi connectivity index (χ4n) is 9.00. The van der Waals surface area contributed by atoms with Crippen molar-refractivity contribution in [3.63, 3.8) is 0 Å². The standard InChI is InChI=1S/C45H54N6O10S/c1-25-31(22-35(58-25)44(2,3)4)38-47-36-30-16-11-12-18-34(30)61-37(36)40(48-38)59-28-21-33-39(52)49-45(42(54)50-62(56,57)29-19-20-29)23-26(45)13-7-5-6-8-17-32(41(53)51(33)24-28)46-43(55)60-27-14-9-10-15-27/h7,11-13,16,18,22,26-29,32-33H,5-6,8-10,14-15,17,19-21,23-24H2,1-4H3,(H,46,55)(H,49,52)(H,50,54)/b13-7-. The number of para-hydroxylation sites is 1. The molecule has 5 atom stereocenters. The number of fused-ring (bicyclic) bond motifs is 5. The van der Waals surface area contributed by atoms with Crippen LogP contribution in [0.5, 0.6) is 5.88 Å². The van der Waals surface area contributed by atoms with Crippen molar-refractivity contribution in [2.24, 2.45) is 5.92 Å². The molecule has 3 aliphatic carbocycles. The molecule has 3 N–H and O–H groups in total. The zero-order valence-corrected chi connectivity index (χ0v) is 36.3. The van der Waals surface area contributed by atoms with Crippen LogP contribution in [0.2, 0.25) is 0 Å². The Balaban J connectivity index is 1.06. The maximum atomic E-state index is 14.8. The molecule has 2 aliphatic heterocycles. The number of alkyl carbamates (subject to hydrolysis) is 1. The summed E-state index contributed by atoms with van der Waals surface area (Å²) < 4.78 is 53.0. The van der Waals surface area contributed by atoms with E-state index in [4.69, 9.17) is 28.3 Å². The molecular weight excluding hydrogens is 817 g/mol. The number of amides is 4. The number of benzene rings is 1. The quantitative estimate of drug-likeness (QED) is 0.168. The number of allylic oxidation sites excluding steroid dienone is 1. The minimum atomic E-state index is -3.92. The number of furan rings is 2. The second kappa shape index (κ2) is 16.0. The van der Waals surface area contributed by atoms with Crippen molar-refractivity contribution in [2.75, 3.05) is 6.54 Å². The minimum absolute atomic E-state index is 0.0185. The molecule has 0 radical (unpaired) electrons. The van der Waals surface area contributed by atoms with Crippen LogP contribution in [0.3, 0.4) is 0 Å². The number of nitrogens with one attached hydrogen (secondary N) is 3. The molecular formula is C45H54N6O10S. The number of hydrogen-bond acceptors (Lipinski definition) is 12. The van der Waals surface area contributed by atoms with E-state index in [2.05, 4.69) is 15.4 Å². The Hall–Kier alpha value is -5.45. The molecule has 1 aromatic carbocycles. The number of hydrogen-bond donors (Lipinski definition) is 3. The van der Waals surface area contributed by atoms with Gasteiger partial charge in [-0.25, -0.2) is 18.2 Å². The van der Waals surface area contributed by atoms with Gasteiger partial charge >= 0.3 is 6.09 Å². The van der Waals surface area contributed by atoms with E-state index in [1.165, 1.54) is 4.90 Å². The summed E-state index contributed by atoms with van der Waals surface area (Å²) in [6.07, 6.45) is 8.72. The third kappa shape index (κ3) is 8.27. The van der Waals surface area contributed by atoms with E-state index in [9.17, 15) is 27.6 Å². The Morgan fingerprint density at radius 3 is 2.48 bits per heavy atom. The normalized spacial score (nSPS) is 26.7. The predicted molar refractivity (Wildman–Crippen MR) is 227 cm³/mol. The number of carbonyl (C=O) groups excluding carboxylic acids is 4. The molecule has 5 heterocycles. The van der Waals surface area contributed by atoms with Gasteiger partial charge in [0.1, 0.15) is 52.5 Å². The molecule has 17 heteroatoms. The molecule has 5 unspecified atom stereocenters. The SMILES string of the molecule is Cc1oc(C(C)(C)C)cc1-c1nc(OC2CC3C(=O)NC4(C(=O)NS(=O)(=O)C5CC5)CC4/C=C\CCCCC(NC(=O)OC4CCCC4)C(=O)N3C2)c2oc3ccccc3c2n1. The molecule has 3 saturated carbocycles. The predicted octanol–water partition coefficient (Wildman–Crippen LogP) is 6.24. The molecule has 330 valence electrons. The second-order valence-electron chi connectivity index (χ2n) is 18.6. The van der Waals surface area contributed by atoms with Gasteiger partial charge in [-0.1, -0.05) is 51.5 Å². The number of sulfonamides is 1.